The molecule has 0 unspecified atom stereocenters. The van der Waals surface area contributed by atoms with Crippen LogP contribution >= 0.6 is 11.6 Å². The Morgan fingerprint density at radius 1 is 0.963 bits per heavy atom. The Balaban J connectivity index is 1.75. The maximum atomic E-state index is 6.07. The maximum Gasteiger partial charge on any atom is 0.231 e. The van der Waals surface area contributed by atoms with Crippen molar-refractivity contribution in [2.75, 3.05) is 10.6 Å². The first-order valence-electron chi connectivity index (χ1n) is 8.56. The number of fused-ring (bicyclic) bond motifs is 1. The predicted molar refractivity (Wildman–Crippen MR) is 110 cm³/mol. The number of hydrogen-bond acceptors (Lipinski definition) is 5. The minimum atomic E-state index is 0.504. The molecule has 7 heteroatoms. The van der Waals surface area contributed by atoms with E-state index in [-0.39, 0.29) is 0 Å². The molecule has 2 aromatic heterocycles. The average Bonchev–Trinajstić information content (AvgIpc) is 3.01. The van der Waals surface area contributed by atoms with Crippen LogP contribution in [0, 0.1) is 13.8 Å². The van der Waals surface area contributed by atoms with E-state index in [4.69, 9.17) is 11.6 Å². The number of nitrogens with zero attached hydrogens (tertiary/aromatic N) is 4. The van der Waals surface area contributed by atoms with Gasteiger partial charge >= 0.3 is 0 Å². The highest BCUT2D eigenvalue weighted by molar-refractivity contribution is 6.30. The number of aromatic nitrogens is 4. The van der Waals surface area contributed by atoms with Crippen LogP contribution < -0.4 is 10.6 Å². The minimum absolute atomic E-state index is 0.504. The van der Waals surface area contributed by atoms with Crippen LogP contribution in [0.15, 0.2) is 48.7 Å². The van der Waals surface area contributed by atoms with Crippen molar-refractivity contribution in [3.05, 3.63) is 64.8 Å². The molecule has 4 rings (SSSR count). The zero-order valence-electron chi connectivity index (χ0n) is 15.3. The van der Waals surface area contributed by atoms with Crippen LogP contribution in [-0.2, 0) is 7.05 Å². The van der Waals surface area contributed by atoms with E-state index < -0.39 is 0 Å². The molecule has 136 valence electrons. The second-order valence-corrected chi connectivity index (χ2v) is 6.91. The standard InChI is InChI=1S/C20H19ClN6/c1-12-4-7-15(8-5-12)23-20-25-18(16-11-22-27(3)19(16)26-20)24-17-9-6-14(21)10-13(17)2/h4-11H,1-3H3,(H2,23,24,25,26). The predicted octanol–water partition coefficient (Wildman–Crippen LogP) is 5.12. The van der Waals surface area contributed by atoms with Crippen LogP contribution in [0.5, 0.6) is 0 Å². The zero-order valence-corrected chi connectivity index (χ0v) is 16.0. The summed E-state index contributed by atoms with van der Waals surface area (Å²) in [6.45, 7) is 4.06. The lowest BCUT2D eigenvalue weighted by Gasteiger charge is -2.12. The lowest BCUT2D eigenvalue weighted by molar-refractivity contribution is 0.786. The topological polar surface area (TPSA) is 67.7 Å². The van der Waals surface area contributed by atoms with E-state index in [1.54, 1.807) is 10.9 Å². The van der Waals surface area contributed by atoms with Crippen LogP contribution in [0.3, 0.4) is 0 Å². The lowest BCUT2D eigenvalue weighted by atomic mass is 10.2. The number of nitrogens with one attached hydrogen (secondary N) is 2. The highest BCUT2D eigenvalue weighted by Gasteiger charge is 2.13. The van der Waals surface area contributed by atoms with Crippen LogP contribution in [-0.4, -0.2) is 19.7 Å². The molecule has 4 aromatic rings. The number of aryl methyl sites for hydroxylation is 3. The molecule has 0 bridgehead atoms. The molecular weight excluding hydrogens is 360 g/mol. The van der Waals surface area contributed by atoms with E-state index in [0.717, 1.165) is 28.0 Å². The van der Waals surface area contributed by atoms with E-state index in [0.29, 0.717) is 16.8 Å². The fourth-order valence-corrected chi connectivity index (χ4v) is 3.06. The highest BCUT2D eigenvalue weighted by atomic mass is 35.5. The van der Waals surface area contributed by atoms with E-state index in [1.165, 1.54) is 5.56 Å². The molecule has 0 aliphatic rings. The molecule has 0 saturated heterocycles. The summed E-state index contributed by atoms with van der Waals surface area (Å²) in [4.78, 5) is 9.28. The highest BCUT2D eigenvalue weighted by Crippen LogP contribution is 2.28. The van der Waals surface area contributed by atoms with E-state index in [1.807, 2.05) is 56.4 Å². The molecular formula is C20H19ClN6. The minimum Gasteiger partial charge on any atom is -0.339 e. The van der Waals surface area contributed by atoms with Crippen molar-refractivity contribution >= 4 is 45.8 Å². The Morgan fingerprint density at radius 3 is 2.48 bits per heavy atom. The Labute approximate surface area is 162 Å². The van der Waals surface area contributed by atoms with Gasteiger partial charge in [0.05, 0.1) is 11.6 Å². The van der Waals surface area contributed by atoms with Crippen molar-refractivity contribution in [1.29, 1.82) is 0 Å². The first-order valence-corrected chi connectivity index (χ1v) is 8.94. The summed E-state index contributed by atoms with van der Waals surface area (Å²) in [6, 6.07) is 13.8. The van der Waals surface area contributed by atoms with Gasteiger partial charge in [0.1, 0.15) is 5.82 Å². The molecule has 0 amide bonds. The van der Waals surface area contributed by atoms with Crippen LogP contribution in [0.2, 0.25) is 5.02 Å². The summed E-state index contributed by atoms with van der Waals surface area (Å²) < 4.78 is 1.73. The quantitative estimate of drug-likeness (QED) is 0.515. The summed E-state index contributed by atoms with van der Waals surface area (Å²) in [5.41, 5.74) is 4.84. The summed E-state index contributed by atoms with van der Waals surface area (Å²) in [7, 11) is 1.86. The number of rotatable bonds is 4. The Bertz CT molecular complexity index is 1120. The average molecular weight is 379 g/mol. The Morgan fingerprint density at radius 2 is 1.74 bits per heavy atom. The molecule has 2 aromatic carbocycles. The molecule has 6 nitrogen and oxygen atoms in total. The first-order chi connectivity index (χ1) is 13.0. The number of halogens is 1. The van der Waals surface area contributed by atoms with Gasteiger partial charge in [-0.15, -0.1) is 0 Å². The van der Waals surface area contributed by atoms with Gasteiger partial charge < -0.3 is 10.6 Å². The lowest BCUT2D eigenvalue weighted by Crippen LogP contribution is -2.04. The molecule has 0 fully saturated rings. The van der Waals surface area contributed by atoms with Crippen molar-refractivity contribution < 1.29 is 0 Å². The number of benzene rings is 2. The normalized spacial score (nSPS) is 11.0. The number of hydrogen-bond donors (Lipinski definition) is 2. The van der Waals surface area contributed by atoms with Crippen molar-refractivity contribution in [3.8, 4) is 0 Å². The van der Waals surface area contributed by atoms with Gasteiger partial charge in [0.15, 0.2) is 5.65 Å². The third kappa shape index (κ3) is 3.57. The van der Waals surface area contributed by atoms with Gasteiger partial charge in [0.2, 0.25) is 5.95 Å². The van der Waals surface area contributed by atoms with Crippen molar-refractivity contribution in [1.82, 2.24) is 19.7 Å². The third-order valence-electron chi connectivity index (χ3n) is 4.34. The SMILES string of the molecule is Cc1ccc(Nc2nc(Nc3ccc(Cl)cc3C)c3cnn(C)c3n2)cc1. The molecule has 0 aliphatic heterocycles. The van der Waals surface area contributed by atoms with Gasteiger partial charge in [-0.3, -0.25) is 4.68 Å². The number of anilines is 4. The van der Waals surface area contributed by atoms with Gasteiger partial charge in [-0.1, -0.05) is 29.3 Å². The smallest absolute Gasteiger partial charge is 0.231 e. The van der Waals surface area contributed by atoms with Gasteiger partial charge in [-0.25, -0.2) is 0 Å². The first kappa shape index (κ1) is 17.3. The second kappa shape index (κ2) is 6.89. The molecule has 0 spiro atoms. The molecule has 0 atom stereocenters. The molecule has 0 radical (unpaired) electrons. The van der Waals surface area contributed by atoms with Crippen molar-refractivity contribution in [2.24, 2.45) is 7.05 Å². The molecule has 0 saturated carbocycles. The fourth-order valence-electron chi connectivity index (χ4n) is 2.83. The zero-order chi connectivity index (χ0) is 19.0. The Hall–Kier alpha value is -3.12. The molecule has 2 heterocycles. The molecule has 27 heavy (non-hydrogen) atoms. The van der Waals surface area contributed by atoms with E-state index in [2.05, 4.69) is 32.6 Å². The molecule has 0 aliphatic carbocycles. The summed E-state index contributed by atoms with van der Waals surface area (Å²) in [6.07, 6.45) is 1.76. The van der Waals surface area contributed by atoms with E-state index >= 15 is 0 Å². The maximum absolute atomic E-state index is 6.07. The summed E-state index contributed by atoms with van der Waals surface area (Å²) >= 11 is 6.07. The van der Waals surface area contributed by atoms with Gasteiger partial charge in [0.25, 0.3) is 0 Å². The van der Waals surface area contributed by atoms with Gasteiger partial charge in [-0.05, 0) is 49.7 Å². The van der Waals surface area contributed by atoms with Gasteiger partial charge in [-0.2, -0.15) is 15.1 Å². The molecule has 2 N–H and O–H groups in total. The van der Waals surface area contributed by atoms with Gasteiger partial charge in [0, 0.05) is 23.4 Å². The van der Waals surface area contributed by atoms with Crippen LogP contribution in [0.1, 0.15) is 11.1 Å². The fraction of sp³-hybridized carbons (Fsp3) is 0.150. The van der Waals surface area contributed by atoms with Crippen LogP contribution in [0.25, 0.3) is 11.0 Å². The third-order valence-corrected chi connectivity index (χ3v) is 4.58. The Kier molecular flexibility index (Phi) is 4.41. The monoisotopic (exact) mass is 378 g/mol. The van der Waals surface area contributed by atoms with Crippen LogP contribution in [0.4, 0.5) is 23.1 Å². The second-order valence-electron chi connectivity index (χ2n) is 6.48. The largest absolute Gasteiger partial charge is 0.339 e. The van der Waals surface area contributed by atoms with Crippen molar-refractivity contribution in [3.63, 3.8) is 0 Å². The van der Waals surface area contributed by atoms with E-state index in [9.17, 15) is 0 Å². The summed E-state index contributed by atoms with van der Waals surface area (Å²) in [5, 5.41) is 12.5. The van der Waals surface area contributed by atoms with Crippen molar-refractivity contribution in [2.45, 2.75) is 13.8 Å². The summed E-state index contributed by atoms with van der Waals surface area (Å²) in [5.74, 6) is 1.19.